The van der Waals surface area contributed by atoms with Crippen molar-refractivity contribution in [3.8, 4) is 0 Å². The fraction of sp³-hybridized carbons (Fsp3) is 0.0455. The molecule has 0 radical (unpaired) electrons. The zero-order chi connectivity index (χ0) is 20.8. The lowest BCUT2D eigenvalue weighted by atomic mass is 10.1. The van der Waals surface area contributed by atoms with Crippen molar-refractivity contribution >= 4 is 46.9 Å². The SMILES string of the molecule is Cc1ccccc1C(=O)Nc1cccc(C(=O)N/N=C\c2ccc(Cl)cc2Cl)c1. The zero-order valence-electron chi connectivity index (χ0n) is 15.4. The van der Waals surface area contributed by atoms with Gasteiger partial charge in [0.2, 0.25) is 0 Å². The van der Waals surface area contributed by atoms with Crippen LogP contribution in [0.15, 0.2) is 71.8 Å². The molecule has 0 aliphatic carbocycles. The van der Waals surface area contributed by atoms with Gasteiger partial charge in [-0.3, -0.25) is 9.59 Å². The van der Waals surface area contributed by atoms with E-state index in [1.54, 1.807) is 54.6 Å². The predicted octanol–water partition coefficient (Wildman–Crippen LogP) is 5.32. The molecule has 0 aromatic heterocycles. The van der Waals surface area contributed by atoms with Crippen LogP contribution in [0.2, 0.25) is 10.0 Å². The van der Waals surface area contributed by atoms with Gasteiger partial charge in [-0.05, 0) is 48.9 Å². The van der Waals surface area contributed by atoms with Crippen LogP contribution in [0.5, 0.6) is 0 Å². The van der Waals surface area contributed by atoms with Crippen LogP contribution >= 0.6 is 23.2 Å². The van der Waals surface area contributed by atoms with Gasteiger partial charge in [-0.25, -0.2) is 5.43 Å². The maximum atomic E-state index is 12.4. The van der Waals surface area contributed by atoms with Crippen LogP contribution in [-0.2, 0) is 0 Å². The summed E-state index contributed by atoms with van der Waals surface area (Å²) < 4.78 is 0. The van der Waals surface area contributed by atoms with E-state index >= 15 is 0 Å². The highest BCUT2D eigenvalue weighted by Crippen LogP contribution is 2.19. The average molecular weight is 426 g/mol. The minimum Gasteiger partial charge on any atom is -0.322 e. The Labute approximate surface area is 178 Å². The number of hydrogen-bond acceptors (Lipinski definition) is 3. The summed E-state index contributed by atoms with van der Waals surface area (Å²) in [6, 6.07) is 18.9. The molecule has 2 N–H and O–H groups in total. The first-order chi connectivity index (χ1) is 13.9. The monoisotopic (exact) mass is 425 g/mol. The highest BCUT2D eigenvalue weighted by Gasteiger charge is 2.10. The number of anilines is 1. The number of carbonyl (C=O) groups is 2. The smallest absolute Gasteiger partial charge is 0.271 e. The Kier molecular flexibility index (Phi) is 6.65. The third kappa shape index (κ3) is 5.44. The number of nitrogens with one attached hydrogen (secondary N) is 2. The first-order valence-electron chi connectivity index (χ1n) is 8.69. The fourth-order valence-corrected chi connectivity index (χ4v) is 3.05. The molecule has 0 heterocycles. The summed E-state index contributed by atoms with van der Waals surface area (Å²) >= 11 is 11.9. The van der Waals surface area contributed by atoms with E-state index in [1.165, 1.54) is 6.21 Å². The Bertz CT molecular complexity index is 1100. The number of carbonyl (C=O) groups excluding carboxylic acids is 2. The number of hydrazone groups is 1. The van der Waals surface area contributed by atoms with E-state index in [2.05, 4.69) is 15.8 Å². The molecule has 0 fully saturated rings. The number of hydrogen-bond donors (Lipinski definition) is 2. The molecule has 0 aliphatic heterocycles. The van der Waals surface area contributed by atoms with Crippen LogP contribution < -0.4 is 10.7 Å². The number of halogens is 2. The summed E-state index contributed by atoms with van der Waals surface area (Å²) in [4.78, 5) is 24.8. The van der Waals surface area contributed by atoms with E-state index in [0.717, 1.165) is 5.56 Å². The van der Waals surface area contributed by atoms with Crippen LogP contribution in [0, 0.1) is 6.92 Å². The Balaban J connectivity index is 1.67. The Morgan fingerprint density at radius 1 is 0.931 bits per heavy atom. The molecule has 0 saturated heterocycles. The van der Waals surface area contributed by atoms with Crippen LogP contribution in [0.1, 0.15) is 31.8 Å². The molecule has 3 rings (SSSR count). The standard InChI is InChI=1S/C22H17Cl2N3O2/c1-14-5-2-3-8-19(14)22(29)26-18-7-4-6-15(11-18)21(28)27-25-13-16-9-10-17(23)12-20(16)24/h2-13H,1H3,(H,26,29)(H,27,28)/b25-13-. The number of amides is 2. The first-order valence-corrected chi connectivity index (χ1v) is 9.45. The number of aryl methyl sites for hydroxylation is 1. The molecule has 0 saturated carbocycles. The fourth-order valence-electron chi connectivity index (χ4n) is 2.60. The van der Waals surface area contributed by atoms with Gasteiger partial charge < -0.3 is 5.32 Å². The van der Waals surface area contributed by atoms with Crippen molar-refractivity contribution in [2.45, 2.75) is 6.92 Å². The van der Waals surface area contributed by atoms with Crippen LogP contribution in [0.25, 0.3) is 0 Å². The second-order valence-electron chi connectivity index (χ2n) is 6.21. The topological polar surface area (TPSA) is 70.6 Å². The lowest BCUT2D eigenvalue weighted by molar-refractivity contribution is 0.0953. The van der Waals surface area contributed by atoms with Crippen molar-refractivity contribution in [3.63, 3.8) is 0 Å². The summed E-state index contributed by atoms with van der Waals surface area (Å²) in [5.74, 6) is -0.658. The summed E-state index contributed by atoms with van der Waals surface area (Å²) in [7, 11) is 0. The maximum absolute atomic E-state index is 12.4. The second kappa shape index (κ2) is 9.37. The Morgan fingerprint density at radius 3 is 2.48 bits per heavy atom. The van der Waals surface area contributed by atoms with Crippen LogP contribution in [0.4, 0.5) is 5.69 Å². The predicted molar refractivity (Wildman–Crippen MR) is 117 cm³/mol. The van der Waals surface area contributed by atoms with Gasteiger partial charge in [-0.15, -0.1) is 0 Å². The molecule has 29 heavy (non-hydrogen) atoms. The molecule has 0 atom stereocenters. The number of nitrogens with zero attached hydrogens (tertiary/aromatic N) is 1. The molecule has 3 aromatic carbocycles. The molecule has 3 aromatic rings. The van der Waals surface area contributed by atoms with Gasteiger partial charge in [0.1, 0.15) is 0 Å². The van der Waals surface area contributed by atoms with Crippen LogP contribution in [-0.4, -0.2) is 18.0 Å². The van der Waals surface area contributed by atoms with E-state index in [1.807, 2.05) is 19.1 Å². The van der Waals surface area contributed by atoms with E-state index in [0.29, 0.717) is 32.4 Å². The van der Waals surface area contributed by atoms with Crippen molar-refractivity contribution in [1.29, 1.82) is 0 Å². The zero-order valence-corrected chi connectivity index (χ0v) is 17.0. The summed E-state index contributed by atoms with van der Waals surface area (Å²) in [6.07, 6.45) is 1.43. The van der Waals surface area contributed by atoms with E-state index in [-0.39, 0.29) is 5.91 Å². The third-order valence-corrected chi connectivity index (χ3v) is 4.67. The minimum absolute atomic E-state index is 0.240. The largest absolute Gasteiger partial charge is 0.322 e. The van der Waals surface area contributed by atoms with Crippen LogP contribution in [0.3, 0.4) is 0 Å². The van der Waals surface area contributed by atoms with Gasteiger partial charge in [-0.2, -0.15) is 5.10 Å². The third-order valence-electron chi connectivity index (χ3n) is 4.10. The van der Waals surface area contributed by atoms with Crippen molar-refractivity contribution in [1.82, 2.24) is 5.43 Å². The maximum Gasteiger partial charge on any atom is 0.271 e. The summed E-state index contributed by atoms with van der Waals surface area (Å²) in [5.41, 5.74) is 5.37. The van der Waals surface area contributed by atoms with Gasteiger partial charge >= 0.3 is 0 Å². The van der Waals surface area contributed by atoms with Gasteiger partial charge in [0.25, 0.3) is 11.8 Å². The molecular weight excluding hydrogens is 409 g/mol. The van der Waals surface area contributed by atoms with Gasteiger partial charge in [0, 0.05) is 27.4 Å². The number of benzene rings is 3. The van der Waals surface area contributed by atoms with Gasteiger partial charge in [-0.1, -0.05) is 53.5 Å². The lowest BCUT2D eigenvalue weighted by Gasteiger charge is -2.08. The molecule has 0 spiro atoms. The normalized spacial score (nSPS) is 10.7. The minimum atomic E-state index is -0.418. The van der Waals surface area contributed by atoms with E-state index < -0.39 is 5.91 Å². The quantitative estimate of drug-likeness (QED) is 0.428. The molecule has 146 valence electrons. The summed E-state index contributed by atoms with van der Waals surface area (Å²) in [6.45, 7) is 1.86. The first kappa shape index (κ1) is 20.6. The van der Waals surface area contributed by atoms with Crippen molar-refractivity contribution in [2.75, 3.05) is 5.32 Å². The molecule has 2 amide bonds. The van der Waals surface area contributed by atoms with Gasteiger partial charge in [0.05, 0.1) is 11.2 Å². The molecule has 5 nitrogen and oxygen atoms in total. The van der Waals surface area contributed by atoms with Crippen molar-refractivity contribution < 1.29 is 9.59 Å². The second-order valence-corrected chi connectivity index (χ2v) is 7.06. The molecule has 0 unspecified atom stereocenters. The molecule has 0 bridgehead atoms. The highest BCUT2D eigenvalue weighted by molar-refractivity contribution is 6.36. The molecular formula is C22H17Cl2N3O2. The highest BCUT2D eigenvalue weighted by atomic mass is 35.5. The van der Waals surface area contributed by atoms with E-state index in [9.17, 15) is 9.59 Å². The Morgan fingerprint density at radius 2 is 1.72 bits per heavy atom. The Hall–Kier alpha value is -3.15. The van der Waals surface area contributed by atoms with Gasteiger partial charge in [0.15, 0.2) is 0 Å². The van der Waals surface area contributed by atoms with Crippen molar-refractivity contribution in [3.05, 3.63) is 99.0 Å². The van der Waals surface area contributed by atoms with Crippen molar-refractivity contribution in [2.24, 2.45) is 5.10 Å². The van der Waals surface area contributed by atoms with E-state index in [4.69, 9.17) is 23.2 Å². The lowest BCUT2D eigenvalue weighted by Crippen LogP contribution is -2.18. The average Bonchev–Trinajstić information content (AvgIpc) is 2.70. The molecule has 7 heteroatoms. The number of rotatable bonds is 5. The molecule has 0 aliphatic rings. The summed E-state index contributed by atoms with van der Waals surface area (Å²) in [5, 5.41) is 7.66.